The normalized spacial score (nSPS) is 22.2. The van der Waals surface area contributed by atoms with Crippen molar-refractivity contribution in [2.75, 3.05) is 39.8 Å². The number of likely N-dealkylation sites (N-methyl/N-ethyl adjacent to an activating group) is 1. The van der Waals surface area contributed by atoms with E-state index < -0.39 is 0 Å². The van der Waals surface area contributed by atoms with E-state index in [0.717, 1.165) is 39.0 Å². The minimum absolute atomic E-state index is 0.00347. The Morgan fingerprint density at radius 3 is 2.67 bits per heavy atom. The first-order chi connectivity index (χ1) is 11.7. The van der Waals surface area contributed by atoms with Crippen molar-refractivity contribution in [1.29, 1.82) is 0 Å². The predicted molar refractivity (Wildman–Crippen MR) is 99.5 cm³/mol. The van der Waals surface area contributed by atoms with Gasteiger partial charge in [0.05, 0.1) is 6.04 Å². The van der Waals surface area contributed by atoms with Crippen LogP contribution in [0.25, 0.3) is 0 Å². The Bertz CT molecular complexity index is 493. The average Bonchev–Trinajstić information content (AvgIpc) is 3.12. The molecule has 1 aliphatic heterocycles. The van der Waals surface area contributed by atoms with Crippen LogP contribution in [0.15, 0.2) is 16.8 Å². The number of hydrogen-bond acceptors (Lipinski definition) is 4. The number of amides is 2. The van der Waals surface area contributed by atoms with Gasteiger partial charge in [-0.25, -0.2) is 4.79 Å². The molecule has 1 aromatic heterocycles. The highest BCUT2D eigenvalue weighted by Crippen LogP contribution is 2.23. The molecule has 1 aliphatic carbocycles. The van der Waals surface area contributed by atoms with E-state index >= 15 is 0 Å². The highest BCUT2D eigenvalue weighted by atomic mass is 32.1. The van der Waals surface area contributed by atoms with Crippen LogP contribution < -0.4 is 10.6 Å². The minimum Gasteiger partial charge on any atom is -0.336 e. The zero-order valence-corrected chi connectivity index (χ0v) is 15.5. The van der Waals surface area contributed by atoms with Crippen molar-refractivity contribution in [2.24, 2.45) is 0 Å². The highest BCUT2D eigenvalue weighted by Gasteiger charge is 2.25. The molecule has 134 valence electrons. The van der Waals surface area contributed by atoms with Gasteiger partial charge in [0.15, 0.2) is 0 Å². The topological polar surface area (TPSA) is 47.6 Å². The lowest BCUT2D eigenvalue weighted by Crippen LogP contribution is -2.50. The molecule has 1 saturated carbocycles. The van der Waals surface area contributed by atoms with Gasteiger partial charge in [-0.15, -0.1) is 0 Å². The van der Waals surface area contributed by atoms with E-state index in [2.05, 4.69) is 44.3 Å². The zero-order valence-electron chi connectivity index (χ0n) is 14.7. The van der Waals surface area contributed by atoms with Crippen LogP contribution in [-0.2, 0) is 0 Å². The van der Waals surface area contributed by atoms with Crippen molar-refractivity contribution >= 4 is 17.4 Å². The Morgan fingerprint density at radius 2 is 2.00 bits per heavy atom. The summed E-state index contributed by atoms with van der Waals surface area (Å²) in [7, 11) is 2.17. The fourth-order valence-electron chi connectivity index (χ4n) is 3.73. The van der Waals surface area contributed by atoms with Crippen molar-refractivity contribution in [3.63, 3.8) is 0 Å². The first-order valence-corrected chi connectivity index (χ1v) is 10.2. The quantitative estimate of drug-likeness (QED) is 0.858. The molecular weight excluding hydrogens is 320 g/mol. The second-order valence-electron chi connectivity index (χ2n) is 7.10. The largest absolute Gasteiger partial charge is 0.336 e. The molecule has 1 unspecified atom stereocenters. The van der Waals surface area contributed by atoms with Gasteiger partial charge < -0.3 is 15.5 Å². The molecule has 2 fully saturated rings. The molecule has 0 radical (unpaired) electrons. The van der Waals surface area contributed by atoms with Crippen molar-refractivity contribution < 1.29 is 4.79 Å². The van der Waals surface area contributed by atoms with Gasteiger partial charge in [0, 0.05) is 38.8 Å². The summed E-state index contributed by atoms with van der Waals surface area (Å²) in [5.74, 6) is 0. The fourth-order valence-corrected chi connectivity index (χ4v) is 4.44. The second kappa shape index (κ2) is 8.83. The molecule has 0 aromatic carbocycles. The van der Waals surface area contributed by atoms with Gasteiger partial charge in [-0.1, -0.05) is 19.3 Å². The third kappa shape index (κ3) is 4.94. The summed E-state index contributed by atoms with van der Waals surface area (Å²) in [6, 6.07) is 2.83. The first-order valence-electron chi connectivity index (χ1n) is 9.21. The van der Waals surface area contributed by atoms with Crippen LogP contribution >= 0.6 is 11.3 Å². The summed E-state index contributed by atoms with van der Waals surface area (Å²) < 4.78 is 0. The Labute approximate surface area is 149 Å². The third-order valence-corrected chi connectivity index (χ3v) is 6.00. The number of nitrogens with one attached hydrogen (secondary N) is 2. The maximum atomic E-state index is 12.3. The van der Waals surface area contributed by atoms with E-state index in [0.29, 0.717) is 12.6 Å². The van der Waals surface area contributed by atoms with Crippen LogP contribution in [0.1, 0.15) is 43.7 Å². The summed E-state index contributed by atoms with van der Waals surface area (Å²) in [6.45, 7) is 4.98. The molecule has 2 N–H and O–H groups in total. The molecule has 5 nitrogen and oxygen atoms in total. The van der Waals surface area contributed by atoms with E-state index in [1.165, 1.54) is 24.8 Å². The summed E-state index contributed by atoms with van der Waals surface area (Å²) in [6.07, 6.45) is 6.04. The van der Waals surface area contributed by atoms with Gasteiger partial charge in [-0.05, 0) is 42.3 Å². The Kier molecular flexibility index (Phi) is 6.51. The predicted octanol–water partition coefficient (Wildman–Crippen LogP) is 2.67. The van der Waals surface area contributed by atoms with E-state index in [1.807, 2.05) is 0 Å². The van der Waals surface area contributed by atoms with Crippen LogP contribution in [-0.4, -0.2) is 61.6 Å². The summed E-state index contributed by atoms with van der Waals surface area (Å²) in [5.41, 5.74) is 1.32. The van der Waals surface area contributed by atoms with Crippen molar-refractivity contribution in [2.45, 2.75) is 44.2 Å². The molecule has 2 amide bonds. The number of hydrogen-bond donors (Lipinski definition) is 2. The van der Waals surface area contributed by atoms with Gasteiger partial charge in [0.1, 0.15) is 0 Å². The number of rotatable bonds is 5. The molecular formula is C18H30N4OS. The number of thiophene rings is 1. The number of piperazine rings is 1. The number of nitrogens with zero attached hydrogens (tertiary/aromatic N) is 2. The minimum atomic E-state index is -0.00347. The molecule has 0 spiro atoms. The van der Waals surface area contributed by atoms with Crippen molar-refractivity contribution in [1.82, 2.24) is 20.4 Å². The van der Waals surface area contributed by atoms with Crippen LogP contribution in [0.5, 0.6) is 0 Å². The lowest BCUT2D eigenvalue weighted by atomic mass is 9.96. The zero-order chi connectivity index (χ0) is 16.8. The van der Waals surface area contributed by atoms with Crippen LogP contribution in [0.4, 0.5) is 4.79 Å². The van der Waals surface area contributed by atoms with E-state index in [9.17, 15) is 4.79 Å². The monoisotopic (exact) mass is 350 g/mol. The van der Waals surface area contributed by atoms with Crippen molar-refractivity contribution in [3.8, 4) is 0 Å². The first kappa shape index (κ1) is 17.7. The molecule has 0 bridgehead atoms. The van der Waals surface area contributed by atoms with Crippen molar-refractivity contribution in [3.05, 3.63) is 22.4 Å². The van der Waals surface area contributed by atoms with Gasteiger partial charge in [-0.3, -0.25) is 4.90 Å². The average molecular weight is 351 g/mol. The number of carbonyl (C=O) groups is 1. The van der Waals surface area contributed by atoms with Crippen LogP contribution in [0.2, 0.25) is 0 Å². The molecule has 2 heterocycles. The highest BCUT2D eigenvalue weighted by molar-refractivity contribution is 7.07. The van der Waals surface area contributed by atoms with Crippen LogP contribution in [0, 0.1) is 0 Å². The maximum absolute atomic E-state index is 12.3. The third-order valence-electron chi connectivity index (χ3n) is 5.30. The second-order valence-corrected chi connectivity index (χ2v) is 7.88. The van der Waals surface area contributed by atoms with E-state index in [4.69, 9.17) is 0 Å². The lowest BCUT2D eigenvalue weighted by molar-refractivity contribution is 0.111. The smallest absolute Gasteiger partial charge is 0.315 e. The molecule has 6 heteroatoms. The van der Waals surface area contributed by atoms with Gasteiger partial charge in [0.2, 0.25) is 0 Å². The Hall–Kier alpha value is -1.11. The van der Waals surface area contributed by atoms with Gasteiger partial charge >= 0.3 is 6.03 Å². The molecule has 1 aromatic rings. The molecule has 3 rings (SSSR count). The number of carbonyl (C=O) groups excluding carboxylic acids is 1. The van der Waals surface area contributed by atoms with Gasteiger partial charge in [-0.2, -0.15) is 11.3 Å². The molecule has 2 aliphatic rings. The lowest BCUT2D eigenvalue weighted by Gasteiger charge is -2.38. The Balaban J connectivity index is 1.53. The fraction of sp³-hybridized carbons (Fsp3) is 0.722. The van der Waals surface area contributed by atoms with E-state index in [-0.39, 0.29) is 12.1 Å². The SMILES string of the molecule is CN1CCN(C(CNC(=O)NC2CCCCC2)c2ccsc2)CC1. The summed E-state index contributed by atoms with van der Waals surface area (Å²) >= 11 is 1.73. The number of urea groups is 1. The molecule has 1 saturated heterocycles. The molecule has 24 heavy (non-hydrogen) atoms. The molecule has 1 atom stereocenters. The standard InChI is InChI=1S/C18H30N4OS/c1-21-8-10-22(11-9-21)17(15-7-12-24-14-15)13-19-18(23)20-16-5-3-2-4-6-16/h7,12,14,16-17H,2-6,8-11,13H2,1H3,(H2,19,20,23). The summed E-state index contributed by atoms with van der Waals surface area (Å²) in [5, 5.41) is 10.6. The Morgan fingerprint density at radius 1 is 1.25 bits per heavy atom. The van der Waals surface area contributed by atoms with Gasteiger partial charge in [0.25, 0.3) is 0 Å². The maximum Gasteiger partial charge on any atom is 0.315 e. The van der Waals surface area contributed by atoms with E-state index in [1.54, 1.807) is 11.3 Å². The summed E-state index contributed by atoms with van der Waals surface area (Å²) in [4.78, 5) is 17.1. The van der Waals surface area contributed by atoms with Crippen LogP contribution in [0.3, 0.4) is 0 Å².